The van der Waals surface area contributed by atoms with Crippen LogP contribution in [0.15, 0.2) is 61.2 Å². The van der Waals surface area contributed by atoms with Crippen molar-refractivity contribution in [3.63, 3.8) is 0 Å². The maximum Gasteiger partial charge on any atom is 0.416 e. The Balaban J connectivity index is 0.000000733. The molecule has 0 amide bonds. The summed E-state index contributed by atoms with van der Waals surface area (Å²) in [6, 6.07) is 11.6. The molecule has 1 fully saturated rings. The molecule has 1 saturated carbocycles. The molecule has 0 spiro atoms. The van der Waals surface area contributed by atoms with Gasteiger partial charge in [0.05, 0.1) is 5.56 Å². The van der Waals surface area contributed by atoms with Crippen molar-refractivity contribution in [3.05, 3.63) is 94.6 Å². The molecule has 0 aromatic heterocycles. The predicted octanol–water partition coefficient (Wildman–Crippen LogP) is 13.3. The zero-order valence-electron chi connectivity index (χ0n) is 29.9. The fraction of sp³-hybridized carbons (Fsp3) is 0.550. The van der Waals surface area contributed by atoms with Gasteiger partial charge in [-0.05, 0) is 104 Å². The first-order chi connectivity index (χ1) is 20.6. The molecule has 0 saturated heterocycles. The Bertz CT molecular complexity index is 1200. The lowest BCUT2D eigenvalue weighted by Gasteiger charge is -2.45. The number of halogens is 3. The number of alkyl halides is 3. The molecule has 1 unspecified atom stereocenters. The van der Waals surface area contributed by atoms with Crippen LogP contribution in [0, 0.1) is 19.3 Å². The number of hydrogen-bond acceptors (Lipinski definition) is 1. The van der Waals surface area contributed by atoms with Crippen molar-refractivity contribution in [1.29, 1.82) is 0 Å². The molecule has 2 aliphatic carbocycles. The fourth-order valence-corrected chi connectivity index (χ4v) is 5.63. The van der Waals surface area contributed by atoms with Gasteiger partial charge in [-0.3, -0.25) is 0 Å². The molecule has 2 aromatic carbocycles. The summed E-state index contributed by atoms with van der Waals surface area (Å²) in [4.78, 5) is 0. The van der Waals surface area contributed by atoms with Gasteiger partial charge in [0.1, 0.15) is 0 Å². The molecule has 248 valence electrons. The zero-order valence-corrected chi connectivity index (χ0v) is 29.9. The molecule has 1 atom stereocenters. The molecule has 0 radical (unpaired) electrons. The van der Waals surface area contributed by atoms with Gasteiger partial charge in [-0.25, -0.2) is 0 Å². The molecular weight excluding hydrogens is 551 g/mol. The van der Waals surface area contributed by atoms with Crippen LogP contribution in [0.3, 0.4) is 0 Å². The van der Waals surface area contributed by atoms with E-state index in [-0.39, 0.29) is 11.1 Å². The van der Waals surface area contributed by atoms with Crippen molar-refractivity contribution in [2.24, 2.45) is 11.1 Å². The molecule has 2 N–H and O–H groups in total. The van der Waals surface area contributed by atoms with E-state index >= 15 is 0 Å². The van der Waals surface area contributed by atoms with E-state index in [1.54, 1.807) is 13.8 Å². The molecule has 0 heterocycles. The van der Waals surface area contributed by atoms with E-state index in [1.165, 1.54) is 49.0 Å². The highest BCUT2D eigenvalue weighted by Gasteiger charge is 2.39. The molecule has 0 aliphatic heterocycles. The average Bonchev–Trinajstić information content (AvgIpc) is 3.52. The third-order valence-corrected chi connectivity index (χ3v) is 8.29. The Morgan fingerprint density at radius 2 is 1.50 bits per heavy atom. The summed E-state index contributed by atoms with van der Waals surface area (Å²) in [5.74, 6) is 0.412. The summed E-state index contributed by atoms with van der Waals surface area (Å²) >= 11 is 0. The van der Waals surface area contributed by atoms with Gasteiger partial charge in [0.2, 0.25) is 0 Å². The predicted molar refractivity (Wildman–Crippen MR) is 190 cm³/mol. The number of allylic oxidation sites excluding steroid dienone is 5. The second kappa shape index (κ2) is 19.0. The van der Waals surface area contributed by atoms with Gasteiger partial charge >= 0.3 is 6.18 Å². The molecule has 2 aromatic rings. The van der Waals surface area contributed by atoms with Gasteiger partial charge in [-0.15, -0.1) is 0 Å². The standard InChI is InChI=1S/C21H29N.C12H13F3.C3H8.2C2H6/c1-16(21(22)13-11-20(2,3)12-14-21)18-9-6-10-19(15-18)17-7-4-5-8-17;1-7(2)11-8(3)5-6-10(9(11)4)12(13,14)15;1-3-2;2*1-2/h4,6-10,15-16H,5,11-14,22H2,1-3H3;5-6H,1H2,2-4H3;3H2,1-2H3;2*1-2H3. The Kier molecular flexibility index (Phi) is 17.9. The third kappa shape index (κ3) is 12.1. The number of aryl methyl sites for hydroxylation is 1. The van der Waals surface area contributed by atoms with Gasteiger partial charge < -0.3 is 5.73 Å². The summed E-state index contributed by atoms with van der Waals surface area (Å²) in [5.41, 5.74) is 13.1. The smallest absolute Gasteiger partial charge is 0.325 e. The lowest BCUT2D eigenvalue weighted by atomic mass is 9.64. The van der Waals surface area contributed by atoms with Crippen molar-refractivity contribution in [3.8, 4) is 0 Å². The minimum absolute atomic E-state index is 0.0476. The van der Waals surface area contributed by atoms with Crippen LogP contribution in [-0.4, -0.2) is 5.54 Å². The van der Waals surface area contributed by atoms with E-state index in [4.69, 9.17) is 5.73 Å². The average molecular weight is 614 g/mol. The molecule has 4 rings (SSSR count). The molecule has 4 heteroatoms. The van der Waals surface area contributed by atoms with Crippen LogP contribution in [0.4, 0.5) is 13.2 Å². The summed E-state index contributed by atoms with van der Waals surface area (Å²) in [6.45, 7) is 28.0. The fourth-order valence-electron chi connectivity index (χ4n) is 5.63. The highest BCUT2D eigenvalue weighted by Crippen LogP contribution is 2.45. The van der Waals surface area contributed by atoms with Crippen LogP contribution in [-0.2, 0) is 6.18 Å². The lowest BCUT2D eigenvalue weighted by molar-refractivity contribution is -0.138. The Hall–Kier alpha value is -2.59. The van der Waals surface area contributed by atoms with Crippen molar-refractivity contribution in [1.82, 2.24) is 0 Å². The molecule has 2 aliphatic rings. The van der Waals surface area contributed by atoms with Crippen molar-refractivity contribution >= 4 is 11.1 Å². The van der Waals surface area contributed by atoms with Crippen LogP contribution < -0.4 is 5.73 Å². The van der Waals surface area contributed by atoms with Crippen LogP contribution in [0.5, 0.6) is 0 Å². The molecule has 44 heavy (non-hydrogen) atoms. The summed E-state index contributed by atoms with van der Waals surface area (Å²) in [5, 5.41) is 0. The Labute approximate surface area is 268 Å². The maximum atomic E-state index is 12.6. The van der Waals surface area contributed by atoms with E-state index in [0.717, 1.165) is 30.9 Å². The number of nitrogens with two attached hydrogens (primary N) is 1. The molecule has 0 bridgehead atoms. The zero-order chi connectivity index (χ0) is 34.3. The quantitative estimate of drug-likeness (QED) is 0.365. The van der Waals surface area contributed by atoms with Gasteiger partial charge in [0.25, 0.3) is 0 Å². The van der Waals surface area contributed by atoms with Gasteiger partial charge in [-0.1, -0.05) is 129 Å². The van der Waals surface area contributed by atoms with E-state index in [0.29, 0.717) is 22.5 Å². The summed E-state index contributed by atoms with van der Waals surface area (Å²) < 4.78 is 37.8. The topological polar surface area (TPSA) is 26.0 Å². The molecule has 1 nitrogen and oxygen atoms in total. The summed E-state index contributed by atoms with van der Waals surface area (Å²) in [6.07, 6.45) is 9.51. The minimum Gasteiger partial charge on any atom is -0.325 e. The monoisotopic (exact) mass is 613 g/mol. The van der Waals surface area contributed by atoms with Crippen LogP contribution >= 0.6 is 0 Å². The second-order valence-corrected chi connectivity index (χ2v) is 12.5. The highest BCUT2D eigenvalue weighted by molar-refractivity contribution is 5.76. The van der Waals surface area contributed by atoms with Crippen molar-refractivity contribution in [2.75, 3.05) is 0 Å². The van der Waals surface area contributed by atoms with Crippen LogP contribution in [0.1, 0.15) is 147 Å². The minimum atomic E-state index is -4.29. The molecular formula is C40H62F3N. The first-order valence-electron chi connectivity index (χ1n) is 16.7. The Morgan fingerprint density at radius 1 is 0.955 bits per heavy atom. The highest BCUT2D eigenvalue weighted by atomic mass is 19.4. The first-order valence-corrected chi connectivity index (χ1v) is 16.7. The Morgan fingerprint density at radius 3 is 1.95 bits per heavy atom. The van der Waals surface area contributed by atoms with E-state index in [2.05, 4.69) is 83.7 Å². The van der Waals surface area contributed by atoms with Crippen molar-refractivity contribution < 1.29 is 13.2 Å². The summed E-state index contributed by atoms with van der Waals surface area (Å²) in [7, 11) is 0. The van der Waals surface area contributed by atoms with E-state index in [1.807, 2.05) is 27.7 Å². The van der Waals surface area contributed by atoms with Gasteiger partial charge in [0, 0.05) is 5.54 Å². The number of rotatable bonds is 4. The normalized spacial score (nSPS) is 16.7. The van der Waals surface area contributed by atoms with Crippen LogP contribution in [0.25, 0.3) is 11.1 Å². The van der Waals surface area contributed by atoms with Gasteiger partial charge in [-0.2, -0.15) is 13.2 Å². The number of benzene rings is 2. The van der Waals surface area contributed by atoms with E-state index in [9.17, 15) is 13.2 Å². The second-order valence-electron chi connectivity index (χ2n) is 12.5. The van der Waals surface area contributed by atoms with Crippen molar-refractivity contribution in [2.45, 2.75) is 139 Å². The number of hydrogen-bond donors (Lipinski definition) is 1. The van der Waals surface area contributed by atoms with Gasteiger partial charge in [0.15, 0.2) is 0 Å². The van der Waals surface area contributed by atoms with Crippen LogP contribution in [0.2, 0.25) is 0 Å². The lowest BCUT2D eigenvalue weighted by Crippen LogP contribution is -2.49. The SMILES string of the molecule is C=C(C)c1c(C)ccc(C(F)(F)F)c1C.CC.CC.CC(c1cccc(C2=CCC=C2)c1)C1(N)CCC(C)(C)CC1.CCC. The maximum absolute atomic E-state index is 12.6. The van der Waals surface area contributed by atoms with E-state index < -0.39 is 11.7 Å². The first kappa shape index (κ1) is 41.4. The largest absolute Gasteiger partial charge is 0.416 e. The third-order valence-electron chi connectivity index (χ3n) is 8.29.